The zero-order chi connectivity index (χ0) is 14.7. The van der Waals surface area contributed by atoms with E-state index in [4.69, 9.17) is 28.0 Å². The molecule has 1 amide bonds. The number of piperidine rings is 1. The van der Waals surface area contributed by atoms with Gasteiger partial charge in [-0.05, 0) is 19.9 Å². The molecule has 1 unspecified atom stereocenters. The number of carbonyl (C=O) groups is 1. The van der Waals surface area contributed by atoms with Crippen LogP contribution in [0.3, 0.4) is 0 Å². The molecule has 0 aliphatic carbocycles. The first kappa shape index (κ1) is 15.2. The second kappa shape index (κ2) is 6.47. The molecule has 2 heterocycles. The minimum absolute atomic E-state index is 0.179. The lowest BCUT2D eigenvalue weighted by Crippen LogP contribution is -2.50. The summed E-state index contributed by atoms with van der Waals surface area (Å²) in [6.07, 6.45) is 0.735. The number of amides is 1. The molecule has 110 valence electrons. The van der Waals surface area contributed by atoms with Crippen LogP contribution >= 0.6 is 23.2 Å². The van der Waals surface area contributed by atoms with Crippen molar-refractivity contribution in [3.8, 4) is 0 Å². The van der Waals surface area contributed by atoms with Crippen LogP contribution in [0, 0.1) is 6.92 Å². The van der Waals surface area contributed by atoms with Crippen molar-refractivity contribution in [2.45, 2.75) is 19.4 Å². The van der Waals surface area contributed by atoms with Gasteiger partial charge in [-0.25, -0.2) is 0 Å². The highest BCUT2D eigenvalue weighted by Gasteiger charge is 2.25. The van der Waals surface area contributed by atoms with Gasteiger partial charge in [-0.2, -0.15) is 0 Å². The van der Waals surface area contributed by atoms with Crippen molar-refractivity contribution in [2.75, 3.05) is 20.2 Å². The van der Waals surface area contributed by atoms with Gasteiger partial charge in [-0.15, -0.1) is 0 Å². The third-order valence-electron chi connectivity index (χ3n) is 3.11. The van der Waals surface area contributed by atoms with E-state index in [0.717, 1.165) is 18.7 Å². The lowest BCUT2D eigenvalue weighted by atomic mass is 10.0. The van der Waals surface area contributed by atoms with Gasteiger partial charge in [0, 0.05) is 12.2 Å². The fraction of sp³-hybridized carbons (Fsp3) is 0.500. The fourth-order valence-electron chi connectivity index (χ4n) is 2.08. The molecule has 1 fully saturated rings. The maximum absolute atomic E-state index is 12.2. The highest BCUT2D eigenvalue weighted by molar-refractivity contribution is 6.44. The van der Waals surface area contributed by atoms with Crippen molar-refractivity contribution < 1.29 is 9.63 Å². The Balaban J connectivity index is 2.14. The Hall–Kier alpha value is -1.24. The van der Waals surface area contributed by atoms with E-state index >= 15 is 0 Å². The Bertz CT molecular complexity index is 542. The van der Waals surface area contributed by atoms with Gasteiger partial charge in [-0.1, -0.05) is 28.4 Å². The summed E-state index contributed by atoms with van der Waals surface area (Å²) in [4.78, 5) is 19.9. The van der Waals surface area contributed by atoms with Crippen LogP contribution in [0.4, 0.5) is 0 Å². The Morgan fingerprint density at radius 3 is 2.80 bits per heavy atom. The van der Waals surface area contributed by atoms with Gasteiger partial charge in [0.2, 0.25) is 0 Å². The summed E-state index contributed by atoms with van der Waals surface area (Å²) in [5, 5.41) is 10.6. The van der Waals surface area contributed by atoms with E-state index in [9.17, 15) is 4.79 Å². The second-order valence-electron chi connectivity index (χ2n) is 4.51. The number of rotatable bonds is 3. The molecule has 8 heteroatoms. The molecule has 6 nitrogen and oxygen atoms in total. The number of hydrogen-bond donors (Lipinski definition) is 3. The van der Waals surface area contributed by atoms with E-state index in [-0.39, 0.29) is 22.7 Å². The van der Waals surface area contributed by atoms with Crippen LogP contribution in [0.25, 0.3) is 0 Å². The lowest BCUT2D eigenvalue weighted by molar-refractivity contribution is 0.0939. The molecule has 1 aromatic rings. The first-order valence-electron chi connectivity index (χ1n) is 6.19. The normalized spacial score (nSPS) is 21.0. The van der Waals surface area contributed by atoms with Gasteiger partial charge in [0.1, 0.15) is 12.8 Å². The van der Waals surface area contributed by atoms with Crippen LogP contribution in [0.5, 0.6) is 0 Å². The molecule has 1 atom stereocenters. The van der Waals surface area contributed by atoms with Crippen molar-refractivity contribution in [2.24, 2.45) is 5.16 Å². The van der Waals surface area contributed by atoms with Crippen molar-refractivity contribution in [1.82, 2.24) is 15.6 Å². The lowest BCUT2D eigenvalue weighted by Gasteiger charge is -2.25. The van der Waals surface area contributed by atoms with E-state index < -0.39 is 0 Å². The molecular formula is C12H16Cl2N4O2. The first-order chi connectivity index (χ1) is 9.54. The highest BCUT2D eigenvalue weighted by Crippen LogP contribution is 2.29. The fourth-order valence-corrected chi connectivity index (χ4v) is 2.50. The molecule has 2 rings (SSSR count). The van der Waals surface area contributed by atoms with Crippen LogP contribution in [-0.2, 0) is 4.84 Å². The van der Waals surface area contributed by atoms with Gasteiger partial charge >= 0.3 is 0 Å². The Morgan fingerprint density at radius 2 is 2.20 bits per heavy atom. The first-order valence-corrected chi connectivity index (χ1v) is 6.95. The summed E-state index contributed by atoms with van der Waals surface area (Å²) < 4.78 is 0. The van der Waals surface area contributed by atoms with E-state index in [2.05, 4.69) is 20.8 Å². The summed E-state index contributed by atoms with van der Waals surface area (Å²) in [7, 11) is 1.48. The average molecular weight is 319 g/mol. The van der Waals surface area contributed by atoms with Crippen LogP contribution in [-0.4, -0.2) is 42.8 Å². The van der Waals surface area contributed by atoms with Gasteiger partial charge in [0.25, 0.3) is 5.91 Å². The topological polar surface area (TPSA) is 78.5 Å². The minimum Gasteiger partial charge on any atom is -0.399 e. The molecule has 0 saturated carbocycles. The number of aryl methyl sites for hydroxylation is 1. The van der Waals surface area contributed by atoms with E-state index in [1.165, 1.54) is 7.11 Å². The Kier molecular flexibility index (Phi) is 4.91. The molecule has 20 heavy (non-hydrogen) atoms. The molecular weight excluding hydrogens is 303 g/mol. The number of halogens is 2. The monoisotopic (exact) mass is 318 g/mol. The van der Waals surface area contributed by atoms with E-state index in [0.29, 0.717) is 17.3 Å². The third kappa shape index (κ3) is 3.08. The van der Waals surface area contributed by atoms with Crippen LogP contribution in [0.2, 0.25) is 10.0 Å². The standard InChI is InChI=1S/C12H16Cl2N4O2/c1-6-9(13)10(14)11(16-6)12(19)17-7-3-4-15-5-8(7)18-20-2/h7,15-16H,3-5H2,1-2H3,(H,17,19). The summed E-state index contributed by atoms with van der Waals surface area (Å²) in [5.74, 6) is -0.305. The molecule has 3 N–H and O–H groups in total. The predicted molar refractivity (Wildman–Crippen MR) is 78.7 cm³/mol. The number of oxime groups is 1. The SMILES string of the molecule is CON=C1CNCCC1NC(=O)c1[nH]c(C)c(Cl)c1Cl. The molecule has 0 aromatic carbocycles. The molecule has 0 bridgehead atoms. The molecule has 1 saturated heterocycles. The van der Waals surface area contributed by atoms with Crippen molar-refractivity contribution in [3.63, 3.8) is 0 Å². The summed E-state index contributed by atoms with van der Waals surface area (Å²) >= 11 is 12.0. The summed E-state index contributed by atoms with van der Waals surface area (Å²) in [6, 6.07) is -0.179. The number of nitrogens with one attached hydrogen (secondary N) is 3. The predicted octanol–water partition coefficient (Wildman–Crippen LogP) is 1.72. The van der Waals surface area contributed by atoms with Crippen LogP contribution in [0.15, 0.2) is 5.16 Å². The van der Waals surface area contributed by atoms with Crippen LogP contribution < -0.4 is 10.6 Å². The quantitative estimate of drug-likeness (QED) is 0.742. The van der Waals surface area contributed by atoms with Gasteiger partial charge < -0.3 is 20.5 Å². The van der Waals surface area contributed by atoms with Crippen molar-refractivity contribution in [1.29, 1.82) is 0 Å². The largest absolute Gasteiger partial charge is 0.399 e. The number of aromatic nitrogens is 1. The summed E-state index contributed by atoms with van der Waals surface area (Å²) in [5.41, 5.74) is 1.68. The zero-order valence-electron chi connectivity index (χ0n) is 11.2. The maximum atomic E-state index is 12.2. The van der Waals surface area contributed by atoms with Gasteiger partial charge in [0.05, 0.1) is 21.8 Å². The third-order valence-corrected chi connectivity index (χ3v) is 4.06. The van der Waals surface area contributed by atoms with Crippen LogP contribution in [0.1, 0.15) is 22.6 Å². The average Bonchev–Trinajstić information content (AvgIpc) is 2.69. The number of aromatic amines is 1. The van der Waals surface area contributed by atoms with Crippen molar-refractivity contribution >= 4 is 34.8 Å². The Morgan fingerprint density at radius 1 is 1.45 bits per heavy atom. The highest BCUT2D eigenvalue weighted by atomic mass is 35.5. The van der Waals surface area contributed by atoms with Crippen molar-refractivity contribution in [3.05, 3.63) is 21.4 Å². The molecule has 1 aliphatic heterocycles. The molecule has 0 spiro atoms. The number of nitrogens with zero attached hydrogens (tertiary/aromatic N) is 1. The van der Waals surface area contributed by atoms with E-state index in [1.807, 2.05) is 0 Å². The van der Waals surface area contributed by atoms with E-state index in [1.54, 1.807) is 6.92 Å². The molecule has 1 aliphatic rings. The maximum Gasteiger partial charge on any atom is 0.269 e. The number of H-pyrrole nitrogens is 1. The molecule has 0 radical (unpaired) electrons. The Labute approximate surface area is 126 Å². The number of hydrogen-bond acceptors (Lipinski definition) is 4. The van der Waals surface area contributed by atoms with Gasteiger partial charge in [-0.3, -0.25) is 4.79 Å². The number of carbonyl (C=O) groups excluding carboxylic acids is 1. The molecule has 1 aromatic heterocycles. The minimum atomic E-state index is -0.305. The summed E-state index contributed by atoms with van der Waals surface area (Å²) in [6.45, 7) is 3.14. The zero-order valence-corrected chi connectivity index (χ0v) is 12.7. The van der Waals surface area contributed by atoms with Gasteiger partial charge in [0.15, 0.2) is 0 Å². The second-order valence-corrected chi connectivity index (χ2v) is 5.27. The smallest absolute Gasteiger partial charge is 0.269 e.